The zero-order chi connectivity index (χ0) is 24.2. The largest absolute Gasteiger partial charge is 0.307 e. The van der Waals surface area contributed by atoms with Crippen LogP contribution in [0.2, 0.25) is 0 Å². The van der Waals surface area contributed by atoms with Crippen molar-refractivity contribution in [2.24, 2.45) is 0 Å². The van der Waals surface area contributed by atoms with Crippen LogP contribution in [0.4, 0.5) is 0 Å². The number of unbranched alkanes of at least 4 members (excludes halogenated alkanes) is 3. The summed E-state index contributed by atoms with van der Waals surface area (Å²) in [6, 6.07) is 1.43. The molecular weight excluding hydrogens is 392 g/mol. The van der Waals surface area contributed by atoms with Crippen molar-refractivity contribution in [3.05, 3.63) is 0 Å². The number of piperidine rings is 2. The SMILES string of the molecule is CCN(CCCCCCN(CC)C1CC(C)(C)NC(C)(C)C1)C1CC(C)(C)NC(C)(C)C1. The molecule has 2 saturated heterocycles. The van der Waals surface area contributed by atoms with Crippen LogP contribution in [0, 0.1) is 0 Å². The Bertz CT molecular complexity index is 484. The molecule has 2 rings (SSSR count). The molecule has 0 aromatic heterocycles. The van der Waals surface area contributed by atoms with E-state index in [0.717, 1.165) is 0 Å². The Morgan fingerprint density at radius 2 is 0.812 bits per heavy atom. The Labute approximate surface area is 201 Å². The molecule has 0 aromatic rings. The van der Waals surface area contributed by atoms with Gasteiger partial charge < -0.3 is 20.4 Å². The lowest BCUT2D eigenvalue weighted by molar-refractivity contribution is 0.0655. The van der Waals surface area contributed by atoms with Crippen molar-refractivity contribution in [1.29, 1.82) is 0 Å². The molecular formula is C28H58N4. The molecule has 0 aliphatic carbocycles. The summed E-state index contributed by atoms with van der Waals surface area (Å²) >= 11 is 0. The summed E-state index contributed by atoms with van der Waals surface area (Å²) in [4.78, 5) is 5.53. The van der Waals surface area contributed by atoms with Gasteiger partial charge in [0, 0.05) is 34.2 Å². The van der Waals surface area contributed by atoms with Crippen LogP contribution in [0.25, 0.3) is 0 Å². The van der Waals surface area contributed by atoms with Gasteiger partial charge in [0.25, 0.3) is 0 Å². The van der Waals surface area contributed by atoms with Gasteiger partial charge >= 0.3 is 0 Å². The van der Waals surface area contributed by atoms with Crippen LogP contribution in [0.1, 0.15) is 121 Å². The predicted molar refractivity (Wildman–Crippen MR) is 142 cm³/mol. The minimum absolute atomic E-state index is 0.237. The number of nitrogens with zero attached hydrogens (tertiary/aromatic N) is 2. The summed E-state index contributed by atoms with van der Waals surface area (Å²) in [6.45, 7) is 28.6. The molecule has 0 radical (unpaired) electrons. The molecule has 190 valence electrons. The van der Waals surface area contributed by atoms with Crippen LogP contribution >= 0.6 is 0 Å². The number of rotatable bonds is 11. The number of hydrogen-bond acceptors (Lipinski definition) is 4. The minimum atomic E-state index is 0.237. The minimum Gasteiger partial charge on any atom is -0.307 e. The first-order valence-electron chi connectivity index (χ1n) is 13.7. The fourth-order valence-corrected chi connectivity index (χ4v) is 7.23. The number of hydrogen-bond donors (Lipinski definition) is 2. The summed E-state index contributed by atoms with van der Waals surface area (Å²) in [5, 5.41) is 7.69. The highest BCUT2D eigenvalue weighted by molar-refractivity contribution is 5.01. The van der Waals surface area contributed by atoms with Crippen LogP contribution in [-0.2, 0) is 0 Å². The lowest BCUT2D eigenvalue weighted by Gasteiger charge is -2.49. The standard InChI is InChI=1S/C28H58N4/c1-11-31(23-19-25(3,4)29-26(5,6)20-23)17-15-13-14-16-18-32(12-2)24-21-27(7,8)30-28(9,10)22-24/h23-24,29-30H,11-22H2,1-10H3. The van der Waals surface area contributed by atoms with Gasteiger partial charge in [0.15, 0.2) is 0 Å². The van der Waals surface area contributed by atoms with E-state index in [4.69, 9.17) is 0 Å². The van der Waals surface area contributed by atoms with E-state index in [-0.39, 0.29) is 22.2 Å². The molecule has 2 heterocycles. The molecule has 0 unspecified atom stereocenters. The van der Waals surface area contributed by atoms with Gasteiger partial charge in [-0.3, -0.25) is 0 Å². The van der Waals surface area contributed by atoms with Crippen molar-refractivity contribution >= 4 is 0 Å². The average Bonchev–Trinajstić information content (AvgIpc) is 2.58. The molecule has 2 fully saturated rings. The summed E-state index contributed by atoms with van der Waals surface area (Å²) in [5.74, 6) is 0. The second-order valence-corrected chi connectivity index (χ2v) is 13.6. The monoisotopic (exact) mass is 450 g/mol. The topological polar surface area (TPSA) is 30.5 Å². The van der Waals surface area contributed by atoms with E-state index < -0.39 is 0 Å². The van der Waals surface area contributed by atoms with E-state index in [1.165, 1.54) is 77.5 Å². The first kappa shape index (κ1) is 28.1. The summed E-state index contributed by atoms with van der Waals surface area (Å²) in [6.07, 6.45) is 10.5. The molecule has 0 spiro atoms. The Kier molecular flexibility index (Phi) is 9.70. The van der Waals surface area contributed by atoms with Gasteiger partial charge in [-0.2, -0.15) is 0 Å². The van der Waals surface area contributed by atoms with E-state index in [1.807, 2.05) is 0 Å². The predicted octanol–water partition coefficient (Wildman–Crippen LogP) is 5.81. The van der Waals surface area contributed by atoms with E-state index in [0.29, 0.717) is 12.1 Å². The maximum atomic E-state index is 3.84. The molecule has 0 saturated carbocycles. The van der Waals surface area contributed by atoms with Crippen molar-refractivity contribution < 1.29 is 0 Å². The average molecular weight is 451 g/mol. The molecule has 0 atom stereocenters. The summed E-state index contributed by atoms with van der Waals surface area (Å²) in [7, 11) is 0. The van der Waals surface area contributed by atoms with Crippen LogP contribution < -0.4 is 10.6 Å². The fourth-order valence-electron chi connectivity index (χ4n) is 7.23. The zero-order valence-corrected chi connectivity index (χ0v) is 23.5. The lowest BCUT2D eigenvalue weighted by atomic mass is 9.79. The third-order valence-corrected chi connectivity index (χ3v) is 7.82. The van der Waals surface area contributed by atoms with Crippen molar-refractivity contribution in [2.45, 2.75) is 155 Å². The smallest absolute Gasteiger partial charge is 0.0145 e. The lowest BCUT2D eigenvalue weighted by Crippen LogP contribution is -2.62. The summed E-state index contributed by atoms with van der Waals surface area (Å²) in [5.41, 5.74) is 0.949. The third-order valence-electron chi connectivity index (χ3n) is 7.82. The highest BCUT2D eigenvalue weighted by Gasteiger charge is 2.40. The first-order valence-corrected chi connectivity index (χ1v) is 13.7. The van der Waals surface area contributed by atoms with Crippen LogP contribution in [0.5, 0.6) is 0 Å². The van der Waals surface area contributed by atoms with Gasteiger partial charge in [0.2, 0.25) is 0 Å². The van der Waals surface area contributed by atoms with Crippen LogP contribution in [0.3, 0.4) is 0 Å². The molecule has 2 N–H and O–H groups in total. The Morgan fingerprint density at radius 3 is 1.06 bits per heavy atom. The van der Waals surface area contributed by atoms with Gasteiger partial charge in [-0.15, -0.1) is 0 Å². The van der Waals surface area contributed by atoms with Gasteiger partial charge in [-0.25, -0.2) is 0 Å². The van der Waals surface area contributed by atoms with Crippen LogP contribution in [-0.4, -0.2) is 70.2 Å². The van der Waals surface area contributed by atoms with Gasteiger partial charge in [0.05, 0.1) is 0 Å². The Hall–Kier alpha value is -0.160. The van der Waals surface area contributed by atoms with E-state index >= 15 is 0 Å². The second-order valence-electron chi connectivity index (χ2n) is 13.6. The quantitative estimate of drug-likeness (QED) is 0.389. The molecule has 0 amide bonds. The Morgan fingerprint density at radius 1 is 0.531 bits per heavy atom. The summed E-state index contributed by atoms with van der Waals surface area (Å²) < 4.78 is 0. The van der Waals surface area contributed by atoms with E-state index in [2.05, 4.69) is 89.7 Å². The number of nitrogens with one attached hydrogen (secondary N) is 2. The second kappa shape index (κ2) is 11.1. The normalized spacial score (nSPS) is 25.5. The highest BCUT2D eigenvalue weighted by atomic mass is 15.2. The van der Waals surface area contributed by atoms with Crippen molar-refractivity contribution in [2.75, 3.05) is 26.2 Å². The molecule has 32 heavy (non-hydrogen) atoms. The highest BCUT2D eigenvalue weighted by Crippen LogP contribution is 2.33. The van der Waals surface area contributed by atoms with Gasteiger partial charge in [-0.1, -0.05) is 26.7 Å². The van der Waals surface area contributed by atoms with Crippen molar-refractivity contribution in [3.8, 4) is 0 Å². The van der Waals surface area contributed by atoms with Crippen molar-refractivity contribution in [3.63, 3.8) is 0 Å². The van der Waals surface area contributed by atoms with Crippen molar-refractivity contribution in [1.82, 2.24) is 20.4 Å². The van der Waals surface area contributed by atoms with E-state index in [9.17, 15) is 0 Å². The molecule has 4 nitrogen and oxygen atoms in total. The first-order chi connectivity index (χ1) is 14.7. The molecule has 4 heteroatoms. The maximum Gasteiger partial charge on any atom is 0.0145 e. The fraction of sp³-hybridized carbons (Fsp3) is 1.00. The molecule has 2 aliphatic rings. The molecule has 0 bridgehead atoms. The maximum absolute atomic E-state index is 3.84. The molecule has 2 aliphatic heterocycles. The molecule has 0 aromatic carbocycles. The zero-order valence-electron chi connectivity index (χ0n) is 23.5. The third kappa shape index (κ3) is 8.89. The Balaban J connectivity index is 1.73. The van der Waals surface area contributed by atoms with Crippen LogP contribution in [0.15, 0.2) is 0 Å². The van der Waals surface area contributed by atoms with Gasteiger partial charge in [-0.05, 0) is 120 Å². The van der Waals surface area contributed by atoms with Gasteiger partial charge in [0.1, 0.15) is 0 Å². The van der Waals surface area contributed by atoms with E-state index in [1.54, 1.807) is 0 Å².